The fraction of sp³-hybridized carbons (Fsp3) is 0.300. The lowest BCUT2D eigenvalue weighted by molar-refractivity contribution is 0.0481. The highest BCUT2D eigenvalue weighted by Crippen LogP contribution is 2.30. The molecule has 0 aliphatic heterocycles. The third kappa shape index (κ3) is 6.06. The molecule has 0 aliphatic rings. The molecule has 0 unspecified atom stereocenters. The Morgan fingerprint density at radius 2 is 1.78 bits per heavy atom. The zero-order valence-corrected chi connectivity index (χ0v) is 22.0. The fourth-order valence-electron chi connectivity index (χ4n) is 4.17. The van der Waals surface area contributed by atoms with E-state index in [9.17, 15) is 9.59 Å². The summed E-state index contributed by atoms with van der Waals surface area (Å²) in [6, 6.07) is 20.9. The number of esters is 1. The number of aromatic nitrogens is 2. The molecule has 192 valence electrons. The first-order chi connectivity index (χ1) is 17.8. The van der Waals surface area contributed by atoms with Gasteiger partial charge in [-0.05, 0) is 61.5 Å². The average molecular weight is 500 g/mol. The molecule has 7 nitrogen and oxygen atoms in total. The zero-order chi connectivity index (χ0) is 26.5. The van der Waals surface area contributed by atoms with Gasteiger partial charge in [0.05, 0.1) is 30.4 Å². The first kappa shape index (κ1) is 26.1. The minimum absolute atomic E-state index is 0.264. The number of carbonyl (C=O) groups is 1. The molecule has 4 rings (SSSR count). The molecule has 0 radical (unpaired) electrons. The van der Waals surface area contributed by atoms with Crippen molar-refractivity contribution in [1.82, 2.24) is 14.5 Å². The van der Waals surface area contributed by atoms with E-state index in [0.29, 0.717) is 36.1 Å². The minimum Gasteiger partial charge on any atom is -0.497 e. The largest absolute Gasteiger partial charge is 0.497 e. The van der Waals surface area contributed by atoms with Crippen LogP contribution in [0.25, 0.3) is 22.2 Å². The summed E-state index contributed by atoms with van der Waals surface area (Å²) < 4.78 is 12.5. The summed E-state index contributed by atoms with van der Waals surface area (Å²) >= 11 is 0. The minimum atomic E-state index is -0.385. The van der Waals surface area contributed by atoms with Crippen LogP contribution in [0.3, 0.4) is 0 Å². The van der Waals surface area contributed by atoms with E-state index in [1.165, 1.54) is 5.56 Å². The predicted octanol–water partition coefficient (Wildman–Crippen LogP) is 4.96. The summed E-state index contributed by atoms with van der Waals surface area (Å²) in [7, 11) is 5.46. The number of carbonyl (C=O) groups excluding carboxylic acids is 1. The Labute approximate surface area is 217 Å². The van der Waals surface area contributed by atoms with Crippen LogP contribution in [0.15, 0.2) is 71.5 Å². The fourth-order valence-corrected chi connectivity index (χ4v) is 4.17. The predicted molar refractivity (Wildman–Crippen MR) is 146 cm³/mol. The van der Waals surface area contributed by atoms with E-state index in [0.717, 1.165) is 22.0 Å². The van der Waals surface area contributed by atoms with E-state index in [1.807, 2.05) is 55.4 Å². The average Bonchev–Trinajstić information content (AvgIpc) is 2.89. The summed E-state index contributed by atoms with van der Waals surface area (Å²) in [5.74, 6) is 0.707. The molecule has 0 N–H and O–H groups in total. The first-order valence-corrected chi connectivity index (χ1v) is 12.4. The highest BCUT2D eigenvalue weighted by atomic mass is 16.5. The highest BCUT2D eigenvalue weighted by Gasteiger charge is 2.15. The van der Waals surface area contributed by atoms with Gasteiger partial charge in [0.1, 0.15) is 12.4 Å². The van der Waals surface area contributed by atoms with Gasteiger partial charge >= 0.3 is 11.7 Å². The molecule has 1 heterocycles. The molecule has 0 amide bonds. The second-order valence-electron chi connectivity index (χ2n) is 9.63. The van der Waals surface area contributed by atoms with Crippen LogP contribution >= 0.6 is 0 Å². The van der Waals surface area contributed by atoms with Gasteiger partial charge in [-0.1, -0.05) is 50.2 Å². The molecule has 1 aromatic heterocycles. The van der Waals surface area contributed by atoms with Crippen LogP contribution in [-0.4, -0.2) is 54.8 Å². The molecule has 7 heteroatoms. The number of ether oxygens (including phenoxy) is 2. The van der Waals surface area contributed by atoms with Crippen LogP contribution in [0.5, 0.6) is 5.75 Å². The van der Waals surface area contributed by atoms with Gasteiger partial charge in [-0.25, -0.2) is 9.59 Å². The van der Waals surface area contributed by atoms with Crippen LogP contribution in [0.4, 0.5) is 0 Å². The number of hydrogen-bond donors (Lipinski definition) is 0. The molecule has 4 aromatic rings. The molecule has 0 saturated carbocycles. The second kappa shape index (κ2) is 11.4. The Morgan fingerprint density at radius 3 is 2.46 bits per heavy atom. The number of fused-ring (bicyclic) bond motifs is 1. The molecular weight excluding hydrogens is 466 g/mol. The Balaban J connectivity index is 1.72. The number of rotatable bonds is 9. The lowest BCUT2D eigenvalue weighted by Gasteiger charge is -2.15. The second-order valence-corrected chi connectivity index (χ2v) is 9.63. The molecule has 3 aromatic carbocycles. The van der Waals surface area contributed by atoms with E-state index in [4.69, 9.17) is 9.47 Å². The van der Waals surface area contributed by atoms with Crippen molar-refractivity contribution in [3.05, 3.63) is 93.9 Å². The number of likely N-dealkylation sites (N-methyl/N-ethyl adjacent to an activating group) is 1. The standard InChI is InChI=1S/C30H33N3O4/c1-20(2)22-9-11-23(12-10-22)28-26-18-25(36-5)13-14-27(26)33(30(35)31-28)19-21-7-6-8-24(17-21)29(34)37-16-15-32(3)4/h6-14,17-18,20H,15-16,19H2,1-5H3. The van der Waals surface area contributed by atoms with E-state index >= 15 is 0 Å². The third-order valence-electron chi connectivity index (χ3n) is 6.31. The molecule has 37 heavy (non-hydrogen) atoms. The Hall–Kier alpha value is -3.97. The van der Waals surface area contributed by atoms with Crippen molar-refractivity contribution < 1.29 is 14.3 Å². The molecular formula is C30H33N3O4. The van der Waals surface area contributed by atoms with Crippen molar-refractivity contribution in [1.29, 1.82) is 0 Å². The van der Waals surface area contributed by atoms with E-state index in [2.05, 4.69) is 31.0 Å². The van der Waals surface area contributed by atoms with Gasteiger partial charge in [0.2, 0.25) is 0 Å². The van der Waals surface area contributed by atoms with Crippen molar-refractivity contribution in [2.24, 2.45) is 0 Å². The van der Waals surface area contributed by atoms with Crippen LogP contribution in [0, 0.1) is 0 Å². The smallest absolute Gasteiger partial charge is 0.348 e. The molecule has 0 bridgehead atoms. The molecule has 0 saturated heterocycles. The van der Waals surface area contributed by atoms with Crippen molar-refractivity contribution in [2.45, 2.75) is 26.3 Å². The topological polar surface area (TPSA) is 73.7 Å². The maximum absolute atomic E-state index is 13.3. The van der Waals surface area contributed by atoms with Gasteiger partial charge in [0.15, 0.2) is 0 Å². The van der Waals surface area contributed by atoms with E-state index in [1.54, 1.807) is 29.9 Å². The lowest BCUT2D eigenvalue weighted by atomic mass is 9.99. The summed E-state index contributed by atoms with van der Waals surface area (Å²) in [5.41, 5.74) is 4.33. The van der Waals surface area contributed by atoms with Crippen molar-refractivity contribution in [3.8, 4) is 17.0 Å². The summed E-state index contributed by atoms with van der Waals surface area (Å²) in [4.78, 5) is 32.3. The van der Waals surface area contributed by atoms with Crippen LogP contribution < -0.4 is 10.4 Å². The van der Waals surface area contributed by atoms with Gasteiger partial charge in [-0.2, -0.15) is 4.98 Å². The van der Waals surface area contributed by atoms with Gasteiger partial charge in [-0.3, -0.25) is 4.57 Å². The quantitative estimate of drug-likeness (QED) is 0.303. The molecule has 0 spiro atoms. The van der Waals surface area contributed by atoms with Crippen LogP contribution in [-0.2, 0) is 11.3 Å². The van der Waals surface area contributed by atoms with Crippen molar-refractivity contribution in [2.75, 3.05) is 34.4 Å². The number of hydrogen-bond acceptors (Lipinski definition) is 6. The maximum atomic E-state index is 13.3. The Kier molecular flexibility index (Phi) is 8.04. The van der Waals surface area contributed by atoms with Gasteiger partial charge in [0.25, 0.3) is 0 Å². The van der Waals surface area contributed by atoms with Gasteiger partial charge in [0, 0.05) is 17.5 Å². The van der Waals surface area contributed by atoms with E-state index < -0.39 is 0 Å². The Bertz CT molecular complexity index is 1460. The third-order valence-corrected chi connectivity index (χ3v) is 6.31. The summed E-state index contributed by atoms with van der Waals surface area (Å²) in [5, 5.41) is 0.815. The zero-order valence-electron chi connectivity index (χ0n) is 22.0. The SMILES string of the molecule is COc1ccc2c(c1)c(-c1ccc(C(C)C)cc1)nc(=O)n2Cc1cccc(C(=O)OCCN(C)C)c1. The molecule has 0 fully saturated rings. The molecule has 0 atom stereocenters. The number of nitrogens with zero attached hydrogens (tertiary/aromatic N) is 3. The summed E-state index contributed by atoms with van der Waals surface area (Å²) in [6.07, 6.45) is 0. The number of benzene rings is 3. The monoisotopic (exact) mass is 499 g/mol. The van der Waals surface area contributed by atoms with E-state index in [-0.39, 0.29) is 18.2 Å². The van der Waals surface area contributed by atoms with Crippen LogP contribution in [0.1, 0.15) is 41.3 Å². The van der Waals surface area contributed by atoms with Crippen molar-refractivity contribution in [3.63, 3.8) is 0 Å². The van der Waals surface area contributed by atoms with Gasteiger partial charge in [-0.15, -0.1) is 0 Å². The van der Waals surface area contributed by atoms with Gasteiger partial charge < -0.3 is 14.4 Å². The Morgan fingerprint density at radius 1 is 1.03 bits per heavy atom. The maximum Gasteiger partial charge on any atom is 0.348 e. The van der Waals surface area contributed by atoms with Crippen LogP contribution in [0.2, 0.25) is 0 Å². The normalized spacial score (nSPS) is 11.3. The highest BCUT2D eigenvalue weighted by molar-refractivity contribution is 5.93. The summed E-state index contributed by atoms with van der Waals surface area (Å²) in [6.45, 7) is 5.51. The number of methoxy groups -OCH3 is 1. The van der Waals surface area contributed by atoms with Crippen molar-refractivity contribution >= 4 is 16.9 Å². The lowest BCUT2D eigenvalue weighted by Crippen LogP contribution is -2.25. The first-order valence-electron chi connectivity index (χ1n) is 12.4. The molecule has 0 aliphatic carbocycles.